The van der Waals surface area contributed by atoms with Crippen molar-refractivity contribution in [2.75, 3.05) is 6.54 Å². The zero-order chi connectivity index (χ0) is 48.1. The van der Waals surface area contributed by atoms with Crippen LogP contribution >= 0.6 is 11.3 Å². The normalized spacial score (nSPS) is 24.4. The first-order valence-corrected chi connectivity index (χ1v) is 26.1. The highest BCUT2D eigenvalue weighted by atomic mass is 32.2. The van der Waals surface area contributed by atoms with Crippen molar-refractivity contribution in [2.24, 2.45) is 5.92 Å². The van der Waals surface area contributed by atoms with E-state index in [-0.39, 0.29) is 25.4 Å². The van der Waals surface area contributed by atoms with Crippen molar-refractivity contribution in [3.05, 3.63) is 76.8 Å². The molecule has 4 aromatic rings. The number of benzene rings is 2. The SMILES string of the molecule is CC(C)c1ccc(Cc2csc(-c3cccc4c3nc(OC3CC5C(=O)NC6(C(=O)NS(=O)(=O)C7(C)CC7)CC6C=CCCCCCC(NC(=O)OC(C)(C)C)C(=O)N5C3)n4C(C)C)n2)cc1. The minimum atomic E-state index is -4.01. The van der Waals surface area contributed by atoms with Gasteiger partial charge in [0, 0.05) is 35.7 Å². The van der Waals surface area contributed by atoms with E-state index in [1.165, 1.54) is 16.0 Å². The largest absolute Gasteiger partial charge is 0.459 e. The highest BCUT2D eigenvalue weighted by Crippen LogP contribution is 2.48. The van der Waals surface area contributed by atoms with Crippen LogP contribution in [0.5, 0.6) is 6.01 Å². The molecule has 4 heterocycles. The number of thiazole rings is 1. The van der Waals surface area contributed by atoms with Gasteiger partial charge in [0.25, 0.3) is 11.9 Å². The lowest BCUT2D eigenvalue weighted by molar-refractivity contribution is -0.141. The molecule has 15 nitrogen and oxygen atoms in total. The third kappa shape index (κ3) is 10.4. The number of imidazole rings is 1. The molecule has 5 atom stereocenters. The van der Waals surface area contributed by atoms with Crippen LogP contribution in [-0.4, -0.2) is 92.3 Å². The summed E-state index contributed by atoms with van der Waals surface area (Å²) in [5, 5.41) is 8.63. The first-order valence-electron chi connectivity index (χ1n) is 23.7. The van der Waals surface area contributed by atoms with Gasteiger partial charge in [-0.2, -0.15) is 4.98 Å². The van der Waals surface area contributed by atoms with Gasteiger partial charge in [0.15, 0.2) is 0 Å². The molecule has 1 saturated heterocycles. The molecule has 5 unspecified atom stereocenters. The zero-order valence-electron chi connectivity index (χ0n) is 39.9. The molecule has 3 N–H and O–H groups in total. The number of hydrogen-bond donors (Lipinski definition) is 3. The van der Waals surface area contributed by atoms with Gasteiger partial charge < -0.3 is 25.0 Å². The summed E-state index contributed by atoms with van der Waals surface area (Å²) < 4.78 is 42.2. The lowest BCUT2D eigenvalue weighted by Crippen LogP contribution is -2.58. The van der Waals surface area contributed by atoms with E-state index in [0.29, 0.717) is 56.0 Å². The summed E-state index contributed by atoms with van der Waals surface area (Å²) in [6.07, 6.45) is 7.29. The Bertz CT molecular complexity index is 2660. The number of para-hydroxylation sites is 1. The van der Waals surface area contributed by atoms with Crippen molar-refractivity contribution in [3.63, 3.8) is 0 Å². The van der Waals surface area contributed by atoms with Crippen LogP contribution < -0.4 is 20.1 Å². The average Bonchev–Trinajstić information content (AvgIpc) is 3.94. The molecule has 0 radical (unpaired) electrons. The fraction of sp³-hybridized carbons (Fsp3) is 0.560. The van der Waals surface area contributed by atoms with Gasteiger partial charge in [-0.3, -0.25) is 23.7 Å². The van der Waals surface area contributed by atoms with Gasteiger partial charge in [-0.15, -0.1) is 11.3 Å². The number of ether oxygens (including phenoxy) is 2. The number of alkyl carbamates (subject to hydrolysis) is 1. The fourth-order valence-corrected chi connectivity index (χ4v) is 11.3. The maximum atomic E-state index is 14.8. The minimum Gasteiger partial charge on any atom is -0.459 e. The summed E-state index contributed by atoms with van der Waals surface area (Å²) in [6, 6.07) is 12.7. The van der Waals surface area contributed by atoms with Crippen molar-refractivity contribution >= 4 is 56.2 Å². The summed E-state index contributed by atoms with van der Waals surface area (Å²) in [7, 11) is -4.01. The van der Waals surface area contributed by atoms with Crippen LogP contribution in [0.1, 0.15) is 142 Å². The molecule has 2 saturated carbocycles. The molecule has 4 aliphatic rings. The molecule has 8 rings (SSSR count). The van der Waals surface area contributed by atoms with E-state index in [1.807, 2.05) is 48.8 Å². The molecule has 0 spiro atoms. The smallest absolute Gasteiger partial charge is 0.408 e. The maximum Gasteiger partial charge on any atom is 0.408 e. The highest BCUT2D eigenvalue weighted by molar-refractivity contribution is 7.91. The molecule has 17 heteroatoms. The van der Waals surface area contributed by atoms with Crippen LogP contribution in [0.2, 0.25) is 0 Å². The first kappa shape index (κ1) is 48.2. The minimum absolute atomic E-state index is 0.0270. The molecule has 2 aliphatic carbocycles. The van der Waals surface area contributed by atoms with Gasteiger partial charge in [0.1, 0.15) is 39.9 Å². The van der Waals surface area contributed by atoms with Crippen LogP contribution in [-0.2, 0) is 35.6 Å². The lowest BCUT2D eigenvalue weighted by Gasteiger charge is -2.30. The van der Waals surface area contributed by atoms with Crippen molar-refractivity contribution in [2.45, 2.75) is 166 Å². The standard InChI is InChI=1S/C50H65N7O8S2/c1-30(2)33-21-19-32(20-22-33)25-35-29-66-43(51-35)37-16-14-18-39-41(37)53-46(57(39)31(3)4)64-36-26-40-42(58)54-50(45(60)55-67(62,63)49(8)23-24-49)27-34(50)15-12-10-9-11-13-17-38(44(59)56(40)28-36)52-47(61)65-48(5,6)7/h12,14-16,18-22,29-31,34,36,38,40H,9-11,13,17,23-28H2,1-8H3,(H,52,61)(H,54,58)(H,55,60). The summed E-state index contributed by atoms with van der Waals surface area (Å²) in [5.74, 6) is -1.91. The molecule has 3 fully saturated rings. The van der Waals surface area contributed by atoms with Crippen molar-refractivity contribution in [1.82, 2.24) is 34.8 Å². The number of carbonyl (C=O) groups excluding carboxylic acids is 4. The third-order valence-electron chi connectivity index (χ3n) is 13.5. The number of carbonyl (C=O) groups is 4. The number of hydrogen-bond acceptors (Lipinski definition) is 11. The van der Waals surface area contributed by atoms with Crippen LogP contribution in [0.25, 0.3) is 21.6 Å². The van der Waals surface area contributed by atoms with Crippen LogP contribution in [0.15, 0.2) is 60.0 Å². The number of amides is 4. The quantitative estimate of drug-likeness (QED) is 0.124. The predicted octanol–water partition coefficient (Wildman–Crippen LogP) is 8.09. The van der Waals surface area contributed by atoms with Crippen LogP contribution in [0, 0.1) is 5.92 Å². The molecule has 360 valence electrons. The zero-order valence-corrected chi connectivity index (χ0v) is 41.5. The second-order valence-corrected chi connectivity index (χ2v) is 23.7. The maximum absolute atomic E-state index is 14.8. The van der Waals surface area contributed by atoms with Gasteiger partial charge in [-0.25, -0.2) is 18.2 Å². The van der Waals surface area contributed by atoms with E-state index < -0.39 is 73.8 Å². The number of nitrogens with one attached hydrogen (secondary N) is 3. The molecule has 67 heavy (non-hydrogen) atoms. The van der Waals surface area contributed by atoms with E-state index in [4.69, 9.17) is 19.4 Å². The van der Waals surface area contributed by atoms with Crippen LogP contribution in [0.3, 0.4) is 0 Å². The van der Waals surface area contributed by atoms with Gasteiger partial charge in [0.05, 0.1) is 22.5 Å². The molecule has 2 aliphatic heterocycles. The predicted molar refractivity (Wildman–Crippen MR) is 258 cm³/mol. The summed E-state index contributed by atoms with van der Waals surface area (Å²) in [6.45, 7) is 15.2. The number of sulfonamides is 1. The topological polar surface area (TPSA) is 191 Å². The molecular weight excluding hydrogens is 891 g/mol. The Labute approximate surface area is 397 Å². The Hall–Kier alpha value is -5.29. The molecule has 2 aromatic heterocycles. The van der Waals surface area contributed by atoms with Crippen molar-refractivity contribution in [3.8, 4) is 16.6 Å². The fourth-order valence-electron chi connectivity index (χ4n) is 9.14. The second-order valence-electron chi connectivity index (χ2n) is 20.7. The van der Waals surface area contributed by atoms with E-state index in [2.05, 4.69) is 58.8 Å². The Morgan fingerprint density at radius 2 is 1.76 bits per heavy atom. The number of aromatic nitrogens is 3. The lowest BCUT2D eigenvalue weighted by atomic mass is 10.0. The molecular formula is C50H65N7O8S2. The number of allylic oxidation sites excluding steroid dienone is 1. The van der Waals surface area contributed by atoms with E-state index >= 15 is 0 Å². The van der Waals surface area contributed by atoms with Gasteiger partial charge in [-0.05, 0) is 109 Å². The van der Waals surface area contributed by atoms with Crippen molar-refractivity contribution in [1.29, 1.82) is 0 Å². The monoisotopic (exact) mass is 955 g/mol. The Balaban J connectivity index is 1.10. The third-order valence-corrected chi connectivity index (χ3v) is 16.5. The van der Waals surface area contributed by atoms with Crippen LogP contribution in [0.4, 0.5) is 4.79 Å². The number of rotatable bonds is 11. The summed E-state index contributed by atoms with van der Waals surface area (Å²) in [4.78, 5) is 68.4. The Kier molecular flexibility index (Phi) is 13.4. The summed E-state index contributed by atoms with van der Waals surface area (Å²) >= 11 is 1.55. The average molecular weight is 956 g/mol. The first-order chi connectivity index (χ1) is 31.7. The molecule has 2 aromatic carbocycles. The van der Waals surface area contributed by atoms with Gasteiger partial charge in [-0.1, -0.05) is 69.2 Å². The second kappa shape index (κ2) is 18.7. The van der Waals surface area contributed by atoms with Gasteiger partial charge >= 0.3 is 6.09 Å². The Morgan fingerprint density at radius 3 is 2.45 bits per heavy atom. The Morgan fingerprint density at radius 1 is 1.01 bits per heavy atom. The van der Waals surface area contributed by atoms with Gasteiger partial charge in [0.2, 0.25) is 21.8 Å². The summed E-state index contributed by atoms with van der Waals surface area (Å²) in [5.41, 5.74) is 3.46. The van der Waals surface area contributed by atoms with E-state index in [1.54, 1.807) is 39.0 Å². The van der Waals surface area contributed by atoms with Crippen molar-refractivity contribution < 1.29 is 37.1 Å². The molecule has 4 amide bonds. The number of nitrogens with zero attached hydrogens (tertiary/aromatic N) is 4. The van der Waals surface area contributed by atoms with E-state index in [9.17, 15) is 27.6 Å². The highest BCUT2D eigenvalue weighted by Gasteiger charge is 2.63. The molecule has 0 bridgehead atoms. The number of fused-ring (bicyclic) bond motifs is 3. The van der Waals surface area contributed by atoms with E-state index in [0.717, 1.165) is 34.6 Å².